The first kappa shape index (κ1) is 18.2. The number of hydrogen-bond acceptors (Lipinski definition) is 5. The first-order valence-electron chi connectivity index (χ1n) is 7.97. The van der Waals surface area contributed by atoms with E-state index in [1.165, 1.54) is 13.3 Å². The van der Waals surface area contributed by atoms with E-state index in [0.29, 0.717) is 39.1 Å². The molecule has 3 aromatic rings. The molecule has 2 aromatic carbocycles. The third-order valence-electron chi connectivity index (χ3n) is 3.70. The standard InChI is InChI=1S/C20H15ClN4O2/c1-27-18-6-5-15(21)11-17(18)25-20(26)14-7-8-23-19(10-14)24-16-4-2-3-13(9-16)12-22/h2-11H,1H3,(H,23,24)(H,25,26). The molecule has 1 amide bonds. The van der Waals surface area contributed by atoms with Crippen LogP contribution in [0, 0.1) is 11.3 Å². The number of benzene rings is 2. The van der Waals surface area contributed by atoms with E-state index < -0.39 is 0 Å². The molecule has 1 aromatic heterocycles. The van der Waals surface area contributed by atoms with Crippen LogP contribution in [0.4, 0.5) is 17.2 Å². The van der Waals surface area contributed by atoms with Gasteiger partial charge in [0.2, 0.25) is 0 Å². The van der Waals surface area contributed by atoms with Crippen LogP contribution >= 0.6 is 11.6 Å². The molecule has 2 N–H and O–H groups in total. The van der Waals surface area contributed by atoms with E-state index in [2.05, 4.69) is 21.7 Å². The number of carbonyl (C=O) groups excluding carboxylic acids is 1. The van der Waals surface area contributed by atoms with Crippen molar-refractivity contribution >= 4 is 34.7 Å². The summed E-state index contributed by atoms with van der Waals surface area (Å²) < 4.78 is 5.24. The zero-order chi connectivity index (χ0) is 19.2. The van der Waals surface area contributed by atoms with Crippen molar-refractivity contribution in [2.45, 2.75) is 0 Å². The van der Waals surface area contributed by atoms with Gasteiger partial charge in [0.1, 0.15) is 11.6 Å². The highest BCUT2D eigenvalue weighted by Gasteiger charge is 2.11. The molecular weight excluding hydrogens is 364 g/mol. The number of nitriles is 1. The molecule has 3 rings (SSSR count). The molecule has 1 heterocycles. The summed E-state index contributed by atoms with van der Waals surface area (Å²) in [7, 11) is 1.52. The number of nitrogens with zero attached hydrogens (tertiary/aromatic N) is 2. The highest BCUT2D eigenvalue weighted by atomic mass is 35.5. The molecule has 0 aliphatic rings. The second-order valence-corrected chi connectivity index (χ2v) is 5.98. The van der Waals surface area contributed by atoms with Crippen molar-refractivity contribution in [3.8, 4) is 11.8 Å². The number of nitrogens with one attached hydrogen (secondary N) is 2. The number of anilines is 3. The number of carbonyl (C=O) groups is 1. The van der Waals surface area contributed by atoms with Crippen LogP contribution in [0.5, 0.6) is 5.75 Å². The summed E-state index contributed by atoms with van der Waals surface area (Å²) in [5.74, 6) is 0.663. The van der Waals surface area contributed by atoms with Crippen LogP contribution in [0.1, 0.15) is 15.9 Å². The van der Waals surface area contributed by atoms with Crippen molar-refractivity contribution in [1.29, 1.82) is 5.26 Å². The maximum Gasteiger partial charge on any atom is 0.255 e. The normalized spacial score (nSPS) is 9.96. The van der Waals surface area contributed by atoms with Crippen molar-refractivity contribution in [2.75, 3.05) is 17.7 Å². The Bertz CT molecular complexity index is 1030. The first-order chi connectivity index (χ1) is 13.1. The lowest BCUT2D eigenvalue weighted by atomic mass is 10.2. The van der Waals surface area contributed by atoms with Gasteiger partial charge in [0.25, 0.3) is 5.91 Å². The number of aromatic nitrogens is 1. The Kier molecular flexibility index (Phi) is 5.55. The quantitative estimate of drug-likeness (QED) is 0.676. The Hall–Kier alpha value is -3.56. The van der Waals surface area contributed by atoms with Gasteiger partial charge in [0, 0.05) is 22.5 Å². The van der Waals surface area contributed by atoms with Gasteiger partial charge in [-0.3, -0.25) is 4.79 Å². The van der Waals surface area contributed by atoms with Gasteiger partial charge in [0.05, 0.1) is 24.4 Å². The molecule has 6 nitrogen and oxygen atoms in total. The summed E-state index contributed by atoms with van der Waals surface area (Å²) in [4.78, 5) is 16.8. The minimum absolute atomic E-state index is 0.327. The van der Waals surface area contributed by atoms with Crippen molar-refractivity contribution in [3.63, 3.8) is 0 Å². The van der Waals surface area contributed by atoms with E-state index in [0.717, 1.165) is 0 Å². The molecule has 0 saturated heterocycles. The molecule has 0 aliphatic heterocycles. The summed E-state index contributed by atoms with van der Waals surface area (Å²) in [5, 5.41) is 15.3. The number of ether oxygens (including phenoxy) is 1. The maximum atomic E-state index is 12.6. The van der Waals surface area contributed by atoms with Gasteiger partial charge in [0.15, 0.2) is 0 Å². The molecule has 0 radical (unpaired) electrons. The van der Waals surface area contributed by atoms with Crippen LogP contribution in [0.15, 0.2) is 60.8 Å². The number of methoxy groups -OCH3 is 1. The summed E-state index contributed by atoms with van der Waals surface area (Å²) >= 11 is 5.99. The Morgan fingerprint density at radius 1 is 1.19 bits per heavy atom. The molecule has 0 atom stereocenters. The number of hydrogen-bond donors (Lipinski definition) is 2. The SMILES string of the molecule is COc1ccc(Cl)cc1NC(=O)c1ccnc(Nc2cccc(C#N)c2)c1. The van der Waals surface area contributed by atoms with Crippen molar-refractivity contribution in [1.82, 2.24) is 4.98 Å². The lowest BCUT2D eigenvalue weighted by Gasteiger charge is -2.11. The van der Waals surface area contributed by atoms with Crippen molar-refractivity contribution < 1.29 is 9.53 Å². The predicted molar refractivity (Wildman–Crippen MR) is 105 cm³/mol. The average molecular weight is 379 g/mol. The maximum absolute atomic E-state index is 12.6. The zero-order valence-corrected chi connectivity index (χ0v) is 15.1. The largest absolute Gasteiger partial charge is 0.495 e. The fourth-order valence-electron chi connectivity index (χ4n) is 2.43. The molecule has 134 valence electrons. The fraction of sp³-hybridized carbons (Fsp3) is 0.0500. The first-order valence-corrected chi connectivity index (χ1v) is 8.35. The average Bonchev–Trinajstić information content (AvgIpc) is 2.68. The molecule has 0 aliphatic carbocycles. The number of halogens is 1. The van der Waals surface area contributed by atoms with Crippen LogP contribution in [-0.4, -0.2) is 18.0 Å². The number of amides is 1. The van der Waals surface area contributed by atoms with Gasteiger partial charge in [-0.25, -0.2) is 4.98 Å². The van der Waals surface area contributed by atoms with Gasteiger partial charge in [-0.1, -0.05) is 17.7 Å². The summed E-state index contributed by atoms with van der Waals surface area (Å²) in [6, 6.07) is 17.3. The monoisotopic (exact) mass is 378 g/mol. The van der Waals surface area contributed by atoms with E-state index in [1.807, 2.05) is 6.07 Å². The van der Waals surface area contributed by atoms with Crippen molar-refractivity contribution in [3.05, 3.63) is 76.9 Å². The van der Waals surface area contributed by atoms with E-state index in [9.17, 15) is 4.79 Å². The van der Waals surface area contributed by atoms with Gasteiger partial charge in [-0.05, 0) is 48.5 Å². The van der Waals surface area contributed by atoms with Gasteiger partial charge in [-0.2, -0.15) is 5.26 Å². The van der Waals surface area contributed by atoms with Gasteiger partial charge >= 0.3 is 0 Å². The number of rotatable bonds is 5. The Morgan fingerprint density at radius 2 is 2.04 bits per heavy atom. The minimum Gasteiger partial charge on any atom is -0.495 e. The third kappa shape index (κ3) is 4.54. The van der Waals surface area contributed by atoms with Gasteiger partial charge in [-0.15, -0.1) is 0 Å². The van der Waals surface area contributed by atoms with Crippen LogP contribution < -0.4 is 15.4 Å². The highest BCUT2D eigenvalue weighted by Crippen LogP contribution is 2.28. The molecule has 7 heteroatoms. The molecular formula is C20H15ClN4O2. The Labute approximate surface area is 161 Å². The second kappa shape index (κ2) is 8.21. The van der Waals surface area contributed by atoms with Crippen molar-refractivity contribution in [2.24, 2.45) is 0 Å². The molecule has 0 saturated carbocycles. The molecule has 27 heavy (non-hydrogen) atoms. The van der Waals surface area contributed by atoms with E-state index >= 15 is 0 Å². The molecule has 0 spiro atoms. The van der Waals surface area contributed by atoms with E-state index in [1.54, 1.807) is 48.5 Å². The van der Waals surface area contributed by atoms with Crippen LogP contribution in [-0.2, 0) is 0 Å². The Morgan fingerprint density at radius 3 is 2.81 bits per heavy atom. The smallest absolute Gasteiger partial charge is 0.255 e. The van der Waals surface area contributed by atoms with E-state index in [4.69, 9.17) is 21.6 Å². The second-order valence-electron chi connectivity index (χ2n) is 5.55. The zero-order valence-electron chi connectivity index (χ0n) is 14.4. The summed E-state index contributed by atoms with van der Waals surface area (Å²) in [5.41, 5.74) is 2.12. The lowest BCUT2D eigenvalue weighted by Crippen LogP contribution is -2.13. The minimum atomic E-state index is -0.327. The predicted octanol–water partition coefficient (Wildman–Crippen LogP) is 4.61. The fourth-order valence-corrected chi connectivity index (χ4v) is 2.60. The highest BCUT2D eigenvalue weighted by molar-refractivity contribution is 6.31. The lowest BCUT2D eigenvalue weighted by molar-refractivity contribution is 0.102. The van der Waals surface area contributed by atoms with Crippen LogP contribution in [0.2, 0.25) is 5.02 Å². The topological polar surface area (TPSA) is 87.0 Å². The molecule has 0 fully saturated rings. The molecule has 0 bridgehead atoms. The van der Waals surface area contributed by atoms with Gasteiger partial charge < -0.3 is 15.4 Å². The Balaban J connectivity index is 1.80. The van der Waals surface area contributed by atoms with Crippen LogP contribution in [0.25, 0.3) is 0 Å². The summed E-state index contributed by atoms with van der Waals surface area (Å²) in [6.07, 6.45) is 1.53. The number of pyridine rings is 1. The van der Waals surface area contributed by atoms with Crippen LogP contribution in [0.3, 0.4) is 0 Å². The third-order valence-corrected chi connectivity index (χ3v) is 3.93. The molecule has 0 unspecified atom stereocenters. The van der Waals surface area contributed by atoms with E-state index in [-0.39, 0.29) is 5.91 Å². The summed E-state index contributed by atoms with van der Waals surface area (Å²) in [6.45, 7) is 0.